The van der Waals surface area contributed by atoms with Crippen molar-refractivity contribution in [3.63, 3.8) is 0 Å². The number of rotatable bonds is 14. The van der Waals surface area contributed by atoms with E-state index in [2.05, 4.69) is 3.63 Å². The van der Waals surface area contributed by atoms with Gasteiger partial charge in [-0.3, -0.25) is 4.79 Å². The molecule has 0 bridgehead atoms. The third-order valence-corrected chi connectivity index (χ3v) is 11.7. The molecule has 0 N–H and O–H groups in total. The van der Waals surface area contributed by atoms with E-state index in [1.54, 1.807) is 6.92 Å². The van der Waals surface area contributed by atoms with E-state index in [1.165, 1.54) is 0 Å². The lowest BCUT2D eigenvalue weighted by atomic mass is 9.91. The van der Waals surface area contributed by atoms with Crippen molar-refractivity contribution in [3.8, 4) is 0 Å². The van der Waals surface area contributed by atoms with E-state index in [1.807, 2.05) is 0 Å². The lowest BCUT2D eigenvalue weighted by Gasteiger charge is -2.44. The first-order valence-corrected chi connectivity index (χ1v) is 14.8. The van der Waals surface area contributed by atoms with E-state index in [4.69, 9.17) is 0 Å². The zero-order valence-electron chi connectivity index (χ0n) is 20.7. The number of ketones is 1. The molecule has 1 aliphatic rings. The standard InChI is InChI=1S/C19H21F17O4S2/c1-2-3-7-11(37)10-41(8-5-4-6-9-41)40-42(38,39)19(35,36)17(30,31)15(26,27)13(22,23)12(20,21)14(24,25)16(28,29)18(32,33)34/h2-10H2,1H3. The molecule has 1 rings (SSSR count). The predicted molar refractivity (Wildman–Crippen MR) is 111 cm³/mol. The van der Waals surface area contributed by atoms with Gasteiger partial charge in [-0.2, -0.15) is 83.1 Å². The second kappa shape index (κ2) is 11.6. The van der Waals surface area contributed by atoms with Gasteiger partial charge in [-0.05, 0) is 19.3 Å². The number of carbonyl (C=O) groups excluding carboxylic acids is 1. The van der Waals surface area contributed by atoms with Crippen molar-refractivity contribution in [1.82, 2.24) is 0 Å². The summed E-state index contributed by atoms with van der Waals surface area (Å²) in [6.07, 6.45) is -7.74. The van der Waals surface area contributed by atoms with Crippen molar-refractivity contribution in [2.45, 2.75) is 92.4 Å². The number of halogens is 17. The van der Waals surface area contributed by atoms with Crippen LogP contribution in [-0.4, -0.2) is 78.4 Å². The highest BCUT2D eigenvalue weighted by atomic mass is 32.3. The monoisotopic (exact) mass is 700 g/mol. The van der Waals surface area contributed by atoms with Crippen molar-refractivity contribution >= 4 is 26.2 Å². The summed E-state index contributed by atoms with van der Waals surface area (Å²) in [5.74, 6) is -55.2. The molecule has 0 aliphatic carbocycles. The van der Waals surface area contributed by atoms with Gasteiger partial charge in [-0.1, -0.05) is 19.8 Å². The highest BCUT2D eigenvalue weighted by Gasteiger charge is 2.96. The summed E-state index contributed by atoms with van der Waals surface area (Å²) in [6, 6.07) is 0. The van der Waals surface area contributed by atoms with Crippen molar-refractivity contribution in [1.29, 1.82) is 0 Å². The number of carbonyl (C=O) groups is 1. The molecule has 23 heteroatoms. The predicted octanol–water partition coefficient (Wildman–Crippen LogP) is 7.96. The van der Waals surface area contributed by atoms with E-state index in [0.717, 1.165) is 0 Å². The van der Waals surface area contributed by atoms with Crippen LogP contribution in [0.5, 0.6) is 0 Å². The summed E-state index contributed by atoms with van der Waals surface area (Å²) in [7, 11) is -11.5. The summed E-state index contributed by atoms with van der Waals surface area (Å²) >= 11 is 0. The number of alkyl halides is 17. The first kappa shape index (κ1) is 38.8. The van der Waals surface area contributed by atoms with E-state index < -0.39 is 90.4 Å². The van der Waals surface area contributed by atoms with Gasteiger partial charge in [0.05, 0.1) is 5.75 Å². The van der Waals surface area contributed by atoms with Gasteiger partial charge in [-0.25, -0.2) is 3.63 Å². The van der Waals surface area contributed by atoms with Crippen molar-refractivity contribution in [3.05, 3.63) is 0 Å². The average molecular weight is 700 g/mol. The average Bonchev–Trinajstić information content (AvgIpc) is 2.81. The number of hydrogen-bond donors (Lipinski definition) is 0. The van der Waals surface area contributed by atoms with E-state index in [-0.39, 0.29) is 32.1 Å². The third kappa shape index (κ3) is 6.02. The van der Waals surface area contributed by atoms with Crippen molar-refractivity contribution in [2.75, 3.05) is 17.3 Å². The van der Waals surface area contributed by atoms with Crippen LogP contribution in [0.4, 0.5) is 74.6 Å². The highest BCUT2D eigenvalue weighted by molar-refractivity contribution is 8.33. The molecular formula is C19H21F17O4S2. The van der Waals surface area contributed by atoms with E-state index in [0.29, 0.717) is 6.42 Å². The molecule has 0 atom stereocenters. The Morgan fingerprint density at radius 1 is 0.643 bits per heavy atom. The number of Topliss-reactive ketones (excluding diaryl/α,β-unsaturated/α-hetero) is 1. The SMILES string of the molecule is CCCCC(=O)CS1(OS(=O)(=O)C(F)(F)C(F)(F)C(F)(F)C(F)(F)C(F)(F)C(F)(F)C(F)(F)C(F)(F)F)CCCCC1. The molecule has 0 saturated carbocycles. The molecule has 0 unspecified atom stereocenters. The van der Waals surface area contributed by atoms with Crippen LogP contribution in [-0.2, 0) is 18.5 Å². The molecule has 0 aromatic heterocycles. The lowest BCUT2D eigenvalue weighted by Crippen LogP contribution is -2.75. The molecule has 252 valence electrons. The van der Waals surface area contributed by atoms with Gasteiger partial charge in [-0.15, -0.1) is 10.3 Å². The first-order valence-electron chi connectivity index (χ1n) is 11.3. The van der Waals surface area contributed by atoms with Crippen molar-refractivity contribution in [2.24, 2.45) is 0 Å². The molecule has 1 heterocycles. The smallest absolute Gasteiger partial charge is 0.299 e. The molecule has 4 nitrogen and oxygen atoms in total. The maximum Gasteiger partial charge on any atom is 0.460 e. The Hall–Kier alpha value is -1.26. The van der Waals surface area contributed by atoms with Crippen LogP contribution in [0.1, 0.15) is 45.4 Å². The Balaban J connectivity index is 3.66. The molecule has 0 amide bonds. The summed E-state index contributed by atoms with van der Waals surface area (Å²) in [6.45, 7) is 1.57. The van der Waals surface area contributed by atoms with Gasteiger partial charge < -0.3 is 0 Å². The fraction of sp³-hybridized carbons (Fsp3) is 0.947. The quantitative estimate of drug-likeness (QED) is 0.173. The minimum atomic E-state index is -8.91. The fourth-order valence-corrected chi connectivity index (χ4v) is 9.25. The second-order valence-corrected chi connectivity index (χ2v) is 14.2. The van der Waals surface area contributed by atoms with Crippen LogP contribution in [0.15, 0.2) is 0 Å². The van der Waals surface area contributed by atoms with E-state index >= 15 is 0 Å². The zero-order valence-corrected chi connectivity index (χ0v) is 22.4. The van der Waals surface area contributed by atoms with Crippen LogP contribution in [0.3, 0.4) is 0 Å². The normalized spacial score (nSPS) is 19.5. The van der Waals surface area contributed by atoms with Crippen LogP contribution in [0, 0.1) is 0 Å². The molecule has 0 aromatic rings. The molecule has 1 fully saturated rings. The molecule has 0 radical (unpaired) electrons. The maximum absolute atomic E-state index is 14.5. The maximum atomic E-state index is 14.5. The van der Waals surface area contributed by atoms with Gasteiger partial charge in [0.1, 0.15) is 5.78 Å². The van der Waals surface area contributed by atoms with Crippen LogP contribution >= 0.6 is 10.3 Å². The molecule has 1 aliphatic heterocycles. The van der Waals surface area contributed by atoms with Gasteiger partial charge in [0.2, 0.25) is 0 Å². The molecule has 0 aromatic carbocycles. The van der Waals surface area contributed by atoms with Gasteiger partial charge in [0.25, 0.3) is 0 Å². The minimum absolute atomic E-state index is 0.114. The summed E-state index contributed by atoms with van der Waals surface area (Å²) in [5.41, 5.74) is 0. The Bertz CT molecular complexity index is 1080. The molecule has 1 saturated heterocycles. The third-order valence-electron chi connectivity index (χ3n) is 6.01. The summed E-state index contributed by atoms with van der Waals surface area (Å²) < 4.78 is 258. The molecule has 0 spiro atoms. The Morgan fingerprint density at radius 2 is 1.02 bits per heavy atom. The van der Waals surface area contributed by atoms with E-state index in [9.17, 15) is 87.8 Å². The van der Waals surface area contributed by atoms with Crippen molar-refractivity contribution < 1.29 is 91.5 Å². The summed E-state index contributed by atoms with van der Waals surface area (Å²) in [5, 5.41) is -7.74. The lowest BCUT2D eigenvalue weighted by molar-refractivity contribution is -0.458. The molecular weight excluding hydrogens is 679 g/mol. The van der Waals surface area contributed by atoms with Gasteiger partial charge in [0, 0.05) is 17.9 Å². The number of unbranched alkanes of at least 4 members (excludes halogenated alkanes) is 1. The number of hydrogen-bond acceptors (Lipinski definition) is 4. The Kier molecular flexibility index (Phi) is 10.7. The Labute approximate surface area is 227 Å². The van der Waals surface area contributed by atoms with Gasteiger partial charge in [0.15, 0.2) is 0 Å². The van der Waals surface area contributed by atoms with Gasteiger partial charge >= 0.3 is 57.1 Å². The zero-order chi connectivity index (χ0) is 33.6. The van der Waals surface area contributed by atoms with Crippen LogP contribution < -0.4 is 0 Å². The minimum Gasteiger partial charge on any atom is -0.299 e. The second-order valence-electron chi connectivity index (χ2n) is 9.20. The fourth-order valence-electron chi connectivity index (χ4n) is 3.52. The van der Waals surface area contributed by atoms with Crippen LogP contribution in [0.25, 0.3) is 0 Å². The Morgan fingerprint density at radius 3 is 1.40 bits per heavy atom. The largest absolute Gasteiger partial charge is 0.460 e. The molecule has 42 heavy (non-hydrogen) atoms. The topological polar surface area (TPSA) is 60.4 Å². The summed E-state index contributed by atoms with van der Waals surface area (Å²) in [4.78, 5) is 12.1. The first-order chi connectivity index (χ1) is 18.4. The highest BCUT2D eigenvalue weighted by Crippen LogP contribution is 2.65. The van der Waals surface area contributed by atoms with Crippen LogP contribution in [0.2, 0.25) is 0 Å².